The monoisotopic (exact) mass is 500 g/mol. The molecule has 0 bridgehead atoms. The van der Waals surface area contributed by atoms with Crippen molar-refractivity contribution in [3.63, 3.8) is 0 Å². The fraction of sp³-hybridized carbons (Fsp3) is 0.200. The highest BCUT2D eigenvalue weighted by Gasteiger charge is 2.43. The zero-order chi connectivity index (χ0) is 20.5. The molecule has 0 saturated carbocycles. The molecular formula is C15H3BrClF9S. The molecule has 0 N–H and O–H groups in total. The van der Waals surface area contributed by atoms with Crippen LogP contribution in [0, 0.1) is 0 Å². The van der Waals surface area contributed by atoms with Crippen LogP contribution in [-0.4, -0.2) is 0 Å². The second-order valence-corrected chi connectivity index (χ2v) is 7.67. The zero-order valence-electron chi connectivity index (χ0n) is 12.3. The third-order valence-electron chi connectivity index (χ3n) is 3.68. The number of alkyl halides is 9. The highest BCUT2D eigenvalue weighted by atomic mass is 79.9. The van der Waals surface area contributed by atoms with Gasteiger partial charge in [-0.2, -0.15) is 39.5 Å². The molecule has 1 aromatic heterocycles. The van der Waals surface area contributed by atoms with Gasteiger partial charge in [0.25, 0.3) is 0 Å². The summed E-state index contributed by atoms with van der Waals surface area (Å²) in [6, 6.07) is 1.66. The second kappa shape index (κ2) is 6.15. The van der Waals surface area contributed by atoms with Gasteiger partial charge < -0.3 is 0 Å². The summed E-state index contributed by atoms with van der Waals surface area (Å²) in [5.41, 5.74) is -4.58. The fourth-order valence-electron chi connectivity index (χ4n) is 2.58. The topological polar surface area (TPSA) is 0 Å². The predicted molar refractivity (Wildman–Crippen MR) is 87.0 cm³/mol. The minimum atomic E-state index is -5.17. The number of thiophene rings is 1. The van der Waals surface area contributed by atoms with Gasteiger partial charge in [-0.25, -0.2) is 0 Å². The summed E-state index contributed by atoms with van der Waals surface area (Å²) in [6.45, 7) is 0. The Bertz CT molecular complexity index is 1060. The van der Waals surface area contributed by atoms with Crippen molar-refractivity contribution in [2.45, 2.75) is 18.5 Å². The Morgan fingerprint density at radius 2 is 1.26 bits per heavy atom. The van der Waals surface area contributed by atoms with E-state index in [0.29, 0.717) is 23.5 Å². The van der Waals surface area contributed by atoms with Crippen LogP contribution >= 0.6 is 38.9 Å². The van der Waals surface area contributed by atoms with Crippen molar-refractivity contribution in [3.8, 4) is 0 Å². The van der Waals surface area contributed by atoms with E-state index >= 15 is 0 Å². The first-order chi connectivity index (χ1) is 12.1. The molecule has 0 unspecified atom stereocenters. The summed E-state index contributed by atoms with van der Waals surface area (Å²) >= 11 is 8.32. The van der Waals surface area contributed by atoms with Gasteiger partial charge in [0.15, 0.2) is 0 Å². The molecule has 146 valence electrons. The predicted octanol–water partition coefficient (Wildman–Crippen LogP) is 8.53. The molecule has 0 aliphatic heterocycles. The molecule has 0 aliphatic carbocycles. The molecule has 0 saturated heterocycles. The van der Waals surface area contributed by atoms with Crippen molar-refractivity contribution in [2.75, 3.05) is 0 Å². The molecule has 0 nitrogen and oxygen atoms in total. The smallest absolute Gasteiger partial charge is 0.166 e. The molecule has 27 heavy (non-hydrogen) atoms. The molecule has 3 aromatic rings. The lowest BCUT2D eigenvalue weighted by Crippen LogP contribution is -2.13. The fourth-order valence-corrected chi connectivity index (χ4v) is 5.09. The quantitative estimate of drug-likeness (QED) is 0.271. The van der Waals surface area contributed by atoms with Crippen molar-refractivity contribution in [3.05, 3.63) is 44.4 Å². The van der Waals surface area contributed by atoms with Crippen LogP contribution in [0.3, 0.4) is 0 Å². The minimum Gasteiger partial charge on any atom is -0.166 e. The normalized spacial score (nSPS) is 13.7. The van der Waals surface area contributed by atoms with Crippen molar-refractivity contribution in [2.24, 2.45) is 0 Å². The van der Waals surface area contributed by atoms with Crippen LogP contribution < -0.4 is 0 Å². The Labute approximate surface area is 161 Å². The molecule has 0 aliphatic rings. The van der Waals surface area contributed by atoms with Gasteiger partial charge in [0, 0.05) is 24.6 Å². The van der Waals surface area contributed by atoms with Crippen LogP contribution in [0.5, 0.6) is 0 Å². The minimum absolute atomic E-state index is 0.0975. The van der Waals surface area contributed by atoms with E-state index in [2.05, 4.69) is 15.9 Å². The Balaban J connectivity index is 2.55. The summed E-state index contributed by atoms with van der Waals surface area (Å²) in [5, 5.41) is -1.74. The van der Waals surface area contributed by atoms with E-state index in [1.165, 1.54) is 0 Å². The first kappa shape index (κ1) is 20.5. The van der Waals surface area contributed by atoms with Gasteiger partial charge in [-0.15, -0.1) is 11.3 Å². The van der Waals surface area contributed by atoms with Gasteiger partial charge in [0.2, 0.25) is 0 Å². The molecular weight excluding hydrogens is 499 g/mol. The average Bonchev–Trinajstić information content (AvgIpc) is 2.78. The van der Waals surface area contributed by atoms with E-state index < -0.39 is 60.2 Å². The number of hydrogen-bond acceptors (Lipinski definition) is 1. The molecule has 0 atom stereocenters. The van der Waals surface area contributed by atoms with Crippen molar-refractivity contribution >= 4 is 59.0 Å². The van der Waals surface area contributed by atoms with E-state index in [4.69, 9.17) is 11.6 Å². The van der Waals surface area contributed by atoms with E-state index in [1.54, 1.807) is 0 Å². The van der Waals surface area contributed by atoms with E-state index in [0.717, 1.165) is 6.07 Å². The van der Waals surface area contributed by atoms with Gasteiger partial charge in [-0.1, -0.05) is 11.6 Å². The lowest BCUT2D eigenvalue weighted by Gasteiger charge is -2.16. The summed E-state index contributed by atoms with van der Waals surface area (Å²) in [5.74, 6) is 0. The SMILES string of the molecule is FC(F)(F)c1cc2c(cc1Cl)sc1c(C(F)(F)F)c(Br)c(C(F)(F)F)cc12. The highest BCUT2D eigenvalue weighted by Crippen LogP contribution is 2.51. The number of benzene rings is 2. The number of rotatable bonds is 0. The van der Waals surface area contributed by atoms with Crippen LogP contribution in [0.15, 0.2) is 22.7 Å². The standard InChI is InChI=1S/C15H3BrClF9S/c16-11-7(14(21,22)23)2-5-4-1-6(13(18,19)20)8(17)3-9(4)27-12(5)10(11)15(24,25)26/h1-3H. The summed E-state index contributed by atoms with van der Waals surface area (Å²) in [6.07, 6.45) is -15.2. The van der Waals surface area contributed by atoms with Gasteiger partial charge in [-0.3, -0.25) is 0 Å². The number of hydrogen-bond donors (Lipinski definition) is 0. The van der Waals surface area contributed by atoms with Gasteiger partial charge in [-0.05, 0) is 34.1 Å². The summed E-state index contributed by atoms with van der Waals surface area (Å²) in [4.78, 5) is 0. The highest BCUT2D eigenvalue weighted by molar-refractivity contribution is 9.10. The first-order valence-corrected chi connectivity index (χ1v) is 8.71. The largest absolute Gasteiger partial charge is 0.418 e. The maximum absolute atomic E-state index is 13.4. The maximum atomic E-state index is 13.4. The summed E-state index contributed by atoms with van der Waals surface area (Å²) in [7, 11) is 0. The lowest BCUT2D eigenvalue weighted by molar-refractivity contribution is -0.143. The van der Waals surface area contributed by atoms with Crippen LogP contribution in [-0.2, 0) is 18.5 Å². The molecule has 0 fully saturated rings. The second-order valence-electron chi connectivity index (χ2n) is 5.41. The van der Waals surface area contributed by atoms with E-state index in [1.807, 2.05) is 0 Å². The molecule has 0 spiro atoms. The van der Waals surface area contributed by atoms with E-state index in [-0.39, 0.29) is 4.70 Å². The Kier molecular flexibility index (Phi) is 4.68. The molecule has 1 heterocycles. The zero-order valence-corrected chi connectivity index (χ0v) is 15.5. The Morgan fingerprint density at radius 3 is 1.74 bits per heavy atom. The van der Waals surface area contributed by atoms with Gasteiger partial charge in [0.05, 0.1) is 21.7 Å². The lowest BCUT2D eigenvalue weighted by atomic mass is 10.0. The van der Waals surface area contributed by atoms with Crippen molar-refractivity contribution in [1.82, 2.24) is 0 Å². The Morgan fingerprint density at radius 1 is 0.741 bits per heavy atom. The van der Waals surface area contributed by atoms with Crippen LogP contribution in [0.25, 0.3) is 20.2 Å². The molecule has 3 rings (SSSR count). The van der Waals surface area contributed by atoms with Gasteiger partial charge in [0.1, 0.15) is 0 Å². The summed E-state index contributed by atoms with van der Waals surface area (Å²) < 4.78 is 117. The third kappa shape index (κ3) is 3.49. The average molecular weight is 502 g/mol. The number of fused-ring (bicyclic) bond motifs is 3. The van der Waals surface area contributed by atoms with Gasteiger partial charge >= 0.3 is 18.5 Å². The van der Waals surface area contributed by atoms with Crippen LogP contribution in [0.1, 0.15) is 16.7 Å². The van der Waals surface area contributed by atoms with Crippen molar-refractivity contribution < 1.29 is 39.5 Å². The molecule has 2 aromatic carbocycles. The Hall–Kier alpha value is -1.20. The first-order valence-electron chi connectivity index (χ1n) is 6.72. The maximum Gasteiger partial charge on any atom is 0.418 e. The number of halogens is 11. The van der Waals surface area contributed by atoms with Crippen molar-refractivity contribution in [1.29, 1.82) is 0 Å². The van der Waals surface area contributed by atoms with E-state index in [9.17, 15) is 39.5 Å². The molecule has 0 radical (unpaired) electrons. The van der Waals surface area contributed by atoms with Crippen LogP contribution in [0.4, 0.5) is 39.5 Å². The third-order valence-corrected chi connectivity index (χ3v) is 6.00. The molecule has 0 amide bonds. The molecule has 12 heteroatoms. The van der Waals surface area contributed by atoms with Crippen LogP contribution in [0.2, 0.25) is 5.02 Å².